The fourth-order valence-corrected chi connectivity index (χ4v) is 3.91. The molecule has 1 aliphatic carbocycles. The second kappa shape index (κ2) is 9.03. The van der Waals surface area contributed by atoms with Gasteiger partial charge in [0.05, 0.1) is 6.04 Å². The van der Waals surface area contributed by atoms with Crippen LogP contribution >= 0.6 is 0 Å². The number of amides is 2. The Bertz CT molecular complexity index is 700. The molecule has 7 nitrogen and oxygen atoms in total. The van der Waals surface area contributed by atoms with Crippen LogP contribution in [0.2, 0.25) is 0 Å². The summed E-state index contributed by atoms with van der Waals surface area (Å²) in [4.78, 5) is 26.4. The van der Waals surface area contributed by atoms with Crippen LogP contribution in [-0.4, -0.2) is 53.5 Å². The number of rotatable bonds is 6. The molecule has 2 aliphatic rings. The molecule has 3 rings (SSSR count). The Hall–Kier alpha value is -2.28. The molecule has 1 saturated heterocycles. The van der Waals surface area contributed by atoms with Crippen molar-refractivity contribution in [1.29, 1.82) is 0 Å². The minimum atomic E-state index is -1.10. The SMILES string of the molecule is CC(C)(C)OC(=O)NC1CN(CC2CC2)CCC1[C](NC(=O)O)c1ccccc1. The lowest BCUT2D eigenvalue weighted by molar-refractivity contribution is 0.0432. The summed E-state index contributed by atoms with van der Waals surface area (Å²) in [6, 6.07) is 9.86. The van der Waals surface area contributed by atoms with Gasteiger partial charge in [-0.2, -0.15) is 0 Å². The molecule has 0 spiro atoms. The number of piperidine rings is 1. The number of nitrogens with one attached hydrogen (secondary N) is 2. The number of nitrogens with zero attached hydrogens (tertiary/aromatic N) is 1. The third kappa shape index (κ3) is 6.63. The number of hydrogen-bond donors (Lipinski definition) is 3. The molecule has 7 heteroatoms. The largest absolute Gasteiger partial charge is 0.465 e. The highest BCUT2D eigenvalue weighted by Crippen LogP contribution is 2.34. The monoisotopic (exact) mass is 402 g/mol. The van der Waals surface area contributed by atoms with Crippen molar-refractivity contribution >= 4 is 12.2 Å². The van der Waals surface area contributed by atoms with Crippen molar-refractivity contribution in [2.24, 2.45) is 11.8 Å². The molecule has 1 aromatic carbocycles. The number of carbonyl (C=O) groups excluding carboxylic acids is 1. The predicted octanol–water partition coefficient (Wildman–Crippen LogP) is 3.46. The van der Waals surface area contributed by atoms with Gasteiger partial charge in [0.2, 0.25) is 0 Å². The molecule has 1 heterocycles. The van der Waals surface area contributed by atoms with E-state index in [4.69, 9.17) is 4.74 Å². The third-order valence-electron chi connectivity index (χ3n) is 5.31. The molecular weight excluding hydrogens is 370 g/mol. The van der Waals surface area contributed by atoms with E-state index >= 15 is 0 Å². The smallest absolute Gasteiger partial charge is 0.407 e. The molecule has 1 aromatic rings. The van der Waals surface area contributed by atoms with Crippen LogP contribution in [0.4, 0.5) is 9.59 Å². The van der Waals surface area contributed by atoms with E-state index in [0.29, 0.717) is 12.6 Å². The summed E-state index contributed by atoms with van der Waals surface area (Å²) in [5.41, 5.74) is 0.235. The number of carboxylic acid groups (broad SMARTS) is 1. The first-order valence-corrected chi connectivity index (χ1v) is 10.4. The van der Waals surface area contributed by atoms with Crippen molar-refractivity contribution in [3.63, 3.8) is 0 Å². The zero-order chi connectivity index (χ0) is 21.0. The summed E-state index contributed by atoms with van der Waals surface area (Å²) >= 11 is 0. The topological polar surface area (TPSA) is 90.9 Å². The maximum absolute atomic E-state index is 12.5. The molecule has 29 heavy (non-hydrogen) atoms. The summed E-state index contributed by atoms with van der Waals surface area (Å²) in [7, 11) is 0. The number of benzene rings is 1. The summed E-state index contributed by atoms with van der Waals surface area (Å²) in [5, 5.41) is 15.0. The van der Waals surface area contributed by atoms with Gasteiger partial charge in [0.1, 0.15) is 11.6 Å². The molecule has 3 N–H and O–H groups in total. The van der Waals surface area contributed by atoms with Gasteiger partial charge in [-0.25, -0.2) is 9.59 Å². The molecule has 0 bridgehead atoms. The third-order valence-corrected chi connectivity index (χ3v) is 5.31. The minimum Gasteiger partial charge on any atom is -0.465 e. The first-order valence-electron chi connectivity index (χ1n) is 10.4. The van der Waals surface area contributed by atoms with Gasteiger partial charge in [-0.3, -0.25) is 0 Å². The fourth-order valence-electron chi connectivity index (χ4n) is 3.91. The molecule has 0 aromatic heterocycles. The molecule has 2 amide bonds. The number of hydrogen-bond acceptors (Lipinski definition) is 4. The van der Waals surface area contributed by atoms with Gasteiger partial charge in [-0.05, 0) is 58.1 Å². The van der Waals surface area contributed by atoms with E-state index in [2.05, 4.69) is 15.5 Å². The Balaban J connectivity index is 1.79. The zero-order valence-electron chi connectivity index (χ0n) is 17.5. The van der Waals surface area contributed by atoms with Crippen LogP contribution in [0.15, 0.2) is 30.3 Å². The predicted molar refractivity (Wildman–Crippen MR) is 110 cm³/mol. The van der Waals surface area contributed by atoms with Crippen LogP contribution in [0, 0.1) is 17.9 Å². The highest BCUT2D eigenvalue weighted by atomic mass is 16.6. The second-order valence-corrected chi connectivity index (χ2v) is 9.06. The number of carbonyl (C=O) groups is 2. The summed E-state index contributed by atoms with van der Waals surface area (Å²) in [6.07, 6.45) is 1.74. The lowest BCUT2D eigenvalue weighted by Crippen LogP contribution is -2.57. The first-order chi connectivity index (χ1) is 13.7. The first kappa shape index (κ1) is 21.4. The van der Waals surface area contributed by atoms with Crippen LogP contribution in [0.25, 0.3) is 0 Å². The van der Waals surface area contributed by atoms with Gasteiger partial charge in [0, 0.05) is 19.0 Å². The Morgan fingerprint density at radius 2 is 1.86 bits per heavy atom. The molecule has 2 unspecified atom stereocenters. The van der Waals surface area contributed by atoms with Crippen molar-refractivity contribution in [1.82, 2.24) is 15.5 Å². The maximum Gasteiger partial charge on any atom is 0.407 e. The quantitative estimate of drug-likeness (QED) is 0.678. The Labute approximate surface area is 172 Å². The van der Waals surface area contributed by atoms with Crippen LogP contribution in [0.3, 0.4) is 0 Å². The van der Waals surface area contributed by atoms with Crippen LogP contribution in [0.5, 0.6) is 0 Å². The summed E-state index contributed by atoms with van der Waals surface area (Å²) in [5.74, 6) is 0.611. The molecule has 159 valence electrons. The van der Waals surface area contributed by atoms with E-state index in [9.17, 15) is 14.7 Å². The minimum absolute atomic E-state index is 0.142. The van der Waals surface area contributed by atoms with E-state index < -0.39 is 17.8 Å². The maximum atomic E-state index is 12.5. The van der Waals surface area contributed by atoms with Gasteiger partial charge in [0.25, 0.3) is 0 Å². The molecule has 1 saturated carbocycles. The van der Waals surface area contributed by atoms with Gasteiger partial charge in [-0.15, -0.1) is 0 Å². The Morgan fingerprint density at radius 3 is 2.45 bits per heavy atom. The van der Waals surface area contributed by atoms with Crippen molar-refractivity contribution in [3.8, 4) is 0 Å². The highest BCUT2D eigenvalue weighted by Gasteiger charge is 2.39. The summed E-state index contributed by atoms with van der Waals surface area (Å²) < 4.78 is 5.47. The van der Waals surface area contributed by atoms with Crippen molar-refractivity contribution in [3.05, 3.63) is 41.9 Å². The van der Waals surface area contributed by atoms with E-state index in [1.54, 1.807) is 0 Å². The van der Waals surface area contributed by atoms with Gasteiger partial charge < -0.3 is 25.4 Å². The Morgan fingerprint density at radius 1 is 1.17 bits per heavy atom. The lowest BCUT2D eigenvalue weighted by Gasteiger charge is -2.42. The number of ether oxygens (including phenoxy) is 1. The van der Waals surface area contributed by atoms with E-state index in [1.165, 1.54) is 12.8 Å². The van der Waals surface area contributed by atoms with E-state index in [1.807, 2.05) is 51.1 Å². The Kier molecular flexibility index (Phi) is 6.67. The lowest BCUT2D eigenvalue weighted by atomic mass is 9.81. The number of alkyl carbamates (subject to hydrolysis) is 1. The van der Waals surface area contributed by atoms with Crippen molar-refractivity contribution in [2.75, 3.05) is 19.6 Å². The van der Waals surface area contributed by atoms with Crippen LogP contribution in [0.1, 0.15) is 45.6 Å². The van der Waals surface area contributed by atoms with Gasteiger partial charge in [-0.1, -0.05) is 30.3 Å². The van der Waals surface area contributed by atoms with Gasteiger partial charge in [0.15, 0.2) is 0 Å². The second-order valence-electron chi connectivity index (χ2n) is 9.06. The average Bonchev–Trinajstić information content (AvgIpc) is 3.43. The summed E-state index contributed by atoms with van der Waals surface area (Å²) in [6.45, 7) is 8.09. The zero-order valence-corrected chi connectivity index (χ0v) is 17.5. The van der Waals surface area contributed by atoms with Crippen molar-refractivity contribution < 1.29 is 19.4 Å². The van der Waals surface area contributed by atoms with E-state index in [0.717, 1.165) is 31.0 Å². The highest BCUT2D eigenvalue weighted by molar-refractivity contribution is 5.69. The fraction of sp³-hybridized carbons (Fsp3) is 0.591. The molecule has 1 aliphatic heterocycles. The van der Waals surface area contributed by atoms with Gasteiger partial charge >= 0.3 is 12.2 Å². The van der Waals surface area contributed by atoms with Crippen molar-refractivity contribution in [2.45, 2.75) is 51.7 Å². The average molecular weight is 403 g/mol. The normalized spacial score (nSPS) is 22.9. The van der Waals surface area contributed by atoms with Crippen LogP contribution < -0.4 is 10.6 Å². The van der Waals surface area contributed by atoms with E-state index in [-0.39, 0.29) is 12.0 Å². The number of likely N-dealkylation sites (tertiary alicyclic amines) is 1. The molecule has 1 radical (unpaired) electrons. The molecule has 2 fully saturated rings. The standard InChI is InChI=1S/C22H32N3O4/c1-22(2,3)29-21(28)23-18-14-25(13-15-9-10-15)12-11-17(18)19(24-20(26)27)16-7-5-4-6-8-16/h4-8,15,17-18,24H,9-14H2,1-3H3,(H,23,28)(H,26,27). The molecular formula is C22H32N3O4. The van der Waals surface area contributed by atoms with Crippen LogP contribution in [-0.2, 0) is 4.74 Å². The molecule has 2 atom stereocenters.